The van der Waals surface area contributed by atoms with Crippen molar-refractivity contribution in [2.24, 2.45) is 0 Å². The first kappa shape index (κ1) is 10.1. The predicted molar refractivity (Wildman–Crippen MR) is 48.3 cm³/mol. The van der Waals surface area contributed by atoms with Crippen molar-refractivity contribution in [3.8, 4) is 0 Å². The zero-order valence-electron chi connectivity index (χ0n) is 7.48. The van der Waals surface area contributed by atoms with Gasteiger partial charge in [0.2, 0.25) is 0 Å². The average Bonchev–Trinajstić information content (AvgIpc) is 1.90. The van der Waals surface area contributed by atoms with Gasteiger partial charge >= 0.3 is 64.7 Å². The van der Waals surface area contributed by atoms with Gasteiger partial charge in [-0.05, 0) is 0 Å². The molecule has 10 heavy (non-hydrogen) atoms. The third-order valence-electron chi connectivity index (χ3n) is 2.34. The normalized spacial score (nSPS) is 11.7. The zero-order chi connectivity index (χ0) is 8.20. The molecule has 1 nitrogen and oxygen atoms in total. The quantitative estimate of drug-likeness (QED) is 0.571. The number of rotatable bonds is 4. The SMILES string of the molecule is CCC(CC)[Si](C)(C)B=O. The van der Waals surface area contributed by atoms with E-state index in [1.807, 2.05) is 0 Å². The van der Waals surface area contributed by atoms with E-state index >= 15 is 0 Å². The van der Waals surface area contributed by atoms with E-state index in [-0.39, 0.29) is 0 Å². The van der Waals surface area contributed by atoms with Crippen molar-refractivity contribution in [1.29, 1.82) is 0 Å². The van der Waals surface area contributed by atoms with Crippen LogP contribution in [0.25, 0.3) is 0 Å². The number of hydrogen-bond donors (Lipinski definition) is 0. The molecule has 3 heteroatoms. The van der Waals surface area contributed by atoms with Crippen molar-refractivity contribution in [1.82, 2.24) is 0 Å². The van der Waals surface area contributed by atoms with Crippen LogP contribution in [-0.4, -0.2) is 14.7 Å². The van der Waals surface area contributed by atoms with Crippen LogP contribution in [0.4, 0.5) is 0 Å². The molecule has 0 fully saturated rings. The second kappa shape index (κ2) is 4.06. The predicted octanol–water partition coefficient (Wildman–Crippen LogP) is 2.43. The Kier molecular flexibility index (Phi) is 4.10. The van der Waals surface area contributed by atoms with Crippen molar-refractivity contribution in [2.45, 2.75) is 45.3 Å². The fourth-order valence-electron chi connectivity index (χ4n) is 1.44. The average molecular weight is 156 g/mol. The first-order chi connectivity index (χ1) is 4.58. The van der Waals surface area contributed by atoms with Crippen LogP contribution in [0.5, 0.6) is 0 Å². The van der Waals surface area contributed by atoms with E-state index in [4.69, 9.17) is 0 Å². The fourth-order valence-corrected chi connectivity index (χ4v) is 3.73. The molecule has 0 atom stereocenters. The van der Waals surface area contributed by atoms with Crippen LogP contribution >= 0.6 is 0 Å². The van der Waals surface area contributed by atoms with E-state index in [0.717, 1.165) is 12.8 Å². The van der Waals surface area contributed by atoms with Crippen LogP contribution in [0, 0.1) is 0 Å². The Labute approximate surface area is 65.4 Å². The van der Waals surface area contributed by atoms with Gasteiger partial charge in [-0.1, -0.05) is 0 Å². The zero-order valence-corrected chi connectivity index (χ0v) is 8.48. The maximum atomic E-state index is 10.6. The molecule has 0 spiro atoms. The summed E-state index contributed by atoms with van der Waals surface area (Å²) < 4.78 is 10.6. The van der Waals surface area contributed by atoms with Crippen molar-refractivity contribution >= 4 is 14.7 Å². The van der Waals surface area contributed by atoms with Crippen LogP contribution in [0.3, 0.4) is 0 Å². The summed E-state index contributed by atoms with van der Waals surface area (Å²) in [5, 5.41) is 0. The Morgan fingerprint density at radius 1 is 1.30 bits per heavy atom. The molecule has 0 aliphatic heterocycles. The van der Waals surface area contributed by atoms with E-state index in [1.165, 1.54) is 6.74 Å². The Balaban J connectivity index is 4.10. The first-order valence-corrected chi connectivity index (χ1v) is 7.20. The summed E-state index contributed by atoms with van der Waals surface area (Å²) in [5.74, 6) is 0. The van der Waals surface area contributed by atoms with E-state index in [9.17, 15) is 4.70 Å². The van der Waals surface area contributed by atoms with Gasteiger partial charge in [-0.15, -0.1) is 0 Å². The maximum absolute atomic E-state index is 10.6. The third kappa shape index (κ3) is 2.37. The topological polar surface area (TPSA) is 17.1 Å². The molecule has 0 aromatic carbocycles. The molecule has 0 aliphatic rings. The third-order valence-corrected chi connectivity index (χ3v) is 5.87. The second-order valence-electron chi connectivity index (χ2n) is 3.45. The minimum atomic E-state index is -1.49. The molecular weight excluding hydrogens is 139 g/mol. The molecule has 0 radical (unpaired) electrons. The van der Waals surface area contributed by atoms with Gasteiger partial charge in [-0.25, -0.2) is 0 Å². The first-order valence-electron chi connectivity index (χ1n) is 4.04. The van der Waals surface area contributed by atoms with E-state index in [2.05, 4.69) is 26.9 Å². The van der Waals surface area contributed by atoms with Crippen LogP contribution in [0.15, 0.2) is 0 Å². The monoisotopic (exact) mass is 156 g/mol. The van der Waals surface area contributed by atoms with E-state index in [0.29, 0.717) is 5.54 Å². The molecule has 0 aliphatic carbocycles. The Bertz CT molecular complexity index is 110. The van der Waals surface area contributed by atoms with Gasteiger partial charge in [-0.2, -0.15) is 0 Å². The van der Waals surface area contributed by atoms with Crippen LogP contribution in [-0.2, 0) is 4.70 Å². The van der Waals surface area contributed by atoms with Gasteiger partial charge in [0, 0.05) is 0 Å². The summed E-state index contributed by atoms with van der Waals surface area (Å²) in [4.78, 5) is 0. The summed E-state index contributed by atoms with van der Waals surface area (Å²) in [6.07, 6.45) is 2.32. The molecule has 58 valence electrons. The Hall–Kier alpha value is 0.0818. The fraction of sp³-hybridized carbons (Fsp3) is 1.00. The molecule has 0 aromatic heterocycles. The van der Waals surface area contributed by atoms with Crippen LogP contribution in [0.1, 0.15) is 26.7 Å². The summed E-state index contributed by atoms with van der Waals surface area (Å²) >= 11 is 0. The minimum absolute atomic E-state index is 0.685. The molecule has 0 saturated heterocycles. The van der Waals surface area contributed by atoms with Gasteiger partial charge in [0.25, 0.3) is 0 Å². The summed E-state index contributed by atoms with van der Waals surface area (Å²) in [6, 6.07) is 0. The molecule has 0 rings (SSSR count). The summed E-state index contributed by atoms with van der Waals surface area (Å²) in [5.41, 5.74) is 0.685. The van der Waals surface area contributed by atoms with Crippen LogP contribution in [0.2, 0.25) is 18.6 Å². The van der Waals surface area contributed by atoms with Crippen molar-refractivity contribution in [3.63, 3.8) is 0 Å². The molecular formula is C7H17BOSi. The summed E-state index contributed by atoms with van der Waals surface area (Å²) in [6.45, 7) is 9.86. The van der Waals surface area contributed by atoms with Gasteiger partial charge < -0.3 is 0 Å². The van der Waals surface area contributed by atoms with E-state index < -0.39 is 7.94 Å². The van der Waals surface area contributed by atoms with Crippen molar-refractivity contribution < 1.29 is 4.70 Å². The molecule has 0 amide bonds. The molecule has 0 unspecified atom stereocenters. The molecule has 0 bridgehead atoms. The molecule has 0 aromatic rings. The van der Waals surface area contributed by atoms with Crippen molar-refractivity contribution in [2.75, 3.05) is 0 Å². The number of hydrogen-bond acceptors (Lipinski definition) is 1. The van der Waals surface area contributed by atoms with Gasteiger partial charge in [0.05, 0.1) is 0 Å². The molecule has 0 N–H and O–H groups in total. The van der Waals surface area contributed by atoms with Gasteiger partial charge in [0.1, 0.15) is 0 Å². The second-order valence-corrected chi connectivity index (χ2v) is 8.15. The standard InChI is InChI=1S/C7H17BOSi/c1-5-7(6-2)10(3,4)8-9/h7H,5-6H2,1-4H3. The van der Waals surface area contributed by atoms with Crippen molar-refractivity contribution in [3.05, 3.63) is 0 Å². The molecule has 0 saturated carbocycles. The van der Waals surface area contributed by atoms with Gasteiger partial charge in [-0.3, -0.25) is 0 Å². The molecule has 0 heterocycles. The van der Waals surface area contributed by atoms with E-state index in [1.54, 1.807) is 0 Å². The van der Waals surface area contributed by atoms with Gasteiger partial charge in [0.15, 0.2) is 0 Å². The Morgan fingerprint density at radius 2 is 1.70 bits per heavy atom. The summed E-state index contributed by atoms with van der Waals surface area (Å²) in [7, 11) is -1.49. The Morgan fingerprint density at radius 3 is 1.80 bits per heavy atom. The van der Waals surface area contributed by atoms with Crippen LogP contribution < -0.4 is 0 Å².